The maximum Gasteiger partial charge on any atom is 0.309 e. The van der Waals surface area contributed by atoms with Crippen LogP contribution in [0, 0.1) is 17.8 Å². The van der Waals surface area contributed by atoms with E-state index < -0.39 is 0 Å². The molecule has 0 radical (unpaired) electrons. The minimum absolute atomic E-state index is 0.0169. The normalized spacial score (nSPS) is 34.2. The first-order valence-corrected chi connectivity index (χ1v) is 6.05. The highest BCUT2D eigenvalue weighted by Crippen LogP contribution is 2.42. The highest BCUT2D eigenvalue weighted by atomic mass is 16.5. The molecule has 0 unspecified atom stereocenters. The smallest absolute Gasteiger partial charge is 0.309 e. The third-order valence-corrected chi connectivity index (χ3v) is 3.57. The summed E-state index contributed by atoms with van der Waals surface area (Å²) in [5, 5.41) is 0. The second kappa shape index (κ2) is 4.38. The minimum Gasteiger partial charge on any atom is -0.463 e. The first-order chi connectivity index (χ1) is 7.18. The molecule has 15 heavy (non-hydrogen) atoms. The Balaban J connectivity index is 2.02. The summed E-state index contributed by atoms with van der Waals surface area (Å²) in [4.78, 5) is 11.9. The minimum atomic E-state index is 0.0169. The quantitative estimate of drug-likeness (QED) is 0.515. The molecule has 0 amide bonds. The van der Waals surface area contributed by atoms with Gasteiger partial charge in [0.2, 0.25) is 0 Å². The van der Waals surface area contributed by atoms with Crippen LogP contribution < -0.4 is 0 Å². The molecule has 2 aliphatic carbocycles. The van der Waals surface area contributed by atoms with E-state index in [1.807, 2.05) is 13.8 Å². The molecule has 0 aromatic heterocycles. The van der Waals surface area contributed by atoms with Gasteiger partial charge in [0.05, 0.1) is 12.0 Å². The predicted molar refractivity (Wildman–Crippen MR) is 59.3 cm³/mol. The van der Waals surface area contributed by atoms with Crippen molar-refractivity contribution in [3.05, 3.63) is 12.2 Å². The molecule has 1 saturated carbocycles. The van der Waals surface area contributed by atoms with Crippen LogP contribution in [0.1, 0.15) is 39.5 Å². The van der Waals surface area contributed by atoms with E-state index in [-0.39, 0.29) is 18.0 Å². The van der Waals surface area contributed by atoms with Crippen LogP contribution in [0.2, 0.25) is 0 Å². The summed E-state index contributed by atoms with van der Waals surface area (Å²) >= 11 is 0. The number of fused-ring (bicyclic) bond motifs is 1. The van der Waals surface area contributed by atoms with E-state index in [1.165, 1.54) is 19.3 Å². The van der Waals surface area contributed by atoms with Crippen LogP contribution >= 0.6 is 0 Å². The van der Waals surface area contributed by atoms with Crippen LogP contribution in [0.5, 0.6) is 0 Å². The number of esters is 1. The summed E-state index contributed by atoms with van der Waals surface area (Å²) in [7, 11) is 0. The van der Waals surface area contributed by atoms with E-state index >= 15 is 0 Å². The average molecular weight is 208 g/mol. The maximum absolute atomic E-state index is 11.9. The third-order valence-electron chi connectivity index (χ3n) is 3.57. The Labute approximate surface area is 91.7 Å². The Bertz CT molecular complexity index is 268. The van der Waals surface area contributed by atoms with Gasteiger partial charge in [0.15, 0.2) is 0 Å². The first kappa shape index (κ1) is 10.7. The lowest BCUT2D eigenvalue weighted by atomic mass is 9.78. The molecular weight excluding hydrogens is 188 g/mol. The number of rotatable bonds is 2. The van der Waals surface area contributed by atoms with Crippen molar-refractivity contribution in [2.24, 2.45) is 17.8 Å². The van der Waals surface area contributed by atoms with E-state index in [9.17, 15) is 4.79 Å². The Morgan fingerprint density at radius 2 is 2.20 bits per heavy atom. The maximum atomic E-state index is 11.9. The van der Waals surface area contributed by atoms with Gasteiger partial charge in [-0.25, -0.2) is 0 Å². The van der Waals surface area contributed by atoms with Gasteiger partial charge in [-0.3, -0.25) is 4.79 Å². The molecule has 2 aliphatic rings. The van der Waals surface area contributed by atoms with Gasteiger partial charge in [0.25, 0.3) is 0 Å². The summed E-state index contributed by atoms with van der Waals surface area (Å²) in [6.07, 6.45) is 9.09. The van der Waals surface area contributed by atoms with Gasteiger partial charge in [0, 0.05) is 0 Å². The van der Waals surface area contributed by atoms with Crippen LogP contribution in [0.3, 0.4) is 0 Å². The fourth-order valence-corrected chi connectivity index (χ4v) is 2.92. The monoisotopic (exact) mass is 208 g/mol. The van der Waals surface area contributed by atoms with Gasteiger partial charge >= 0.3 is 5.97 Å². The molecule has 1 fully saturated rings. The number of hydrogen-bond acceptors (Lipinski definition) is 2. The molecule has 0 spiro atoms. The standard InChI is InChI=1S/C13H20O2/c1-9(2)15-13(14)12-8-4-6-10-5-3-7-11(10)12/h4,6,9-12H,3,5,7-8H2,1-2H3/t10-,11+,12-/m1/s1. The van der Waals surface area contributed by atoms with Gasteiger partial charge in [-0.15, -0.1) is 0 Å². The zero-order valence-electron chi connectivity index (χ0n) is 9.61. The Kier molecular flexibility index (Phi) is 3.13. The van der Waals surface area contributed by atoms with Crippen molar-refractivity contribution in [2.45, 2.75) is 45.6 Å². The SMILES string of the molecule is CC(C)OC(=O)[C@@H]1CC=C[C@H]2CCC[C@@H]21. The molecular formula is C13H20O2. The molecule has 0 aromatic carbocycles. The van der Waals surface area contributed by atoms with Crippen LogP contribution in [-0.2, 0) is 9.53 Å². The van der Waals surface area contributed by atoms with Crippen LogP contribution in [-0.4, -0.2) is 12.1 Å². The Morgan fingerprint density at radius 1 is 1.40 bits per heavy atom. The molecule has 0 aromatic rings. The van der Waals surface area contributed by atoms with E-state index in [1.54, 1.807) is 0 Å². The van der Waals surface area contributed by atoms with Crippen LogP contribution in [0.15, 0.2) is 12.2 Å². The van der Waals surface area contributed by atoms with Gasteiger partial charge in [-0.2, -0.15) is 0 Å². The largest absolute Gasteiger partial charge is 0.463 e. The summed E-state index contributed by atoms with van der Waals surface area (Å²) in [5.41, 5.74) is 0. The number of ether oxygens (including phenoxy) is 1. The molecule has 84 valence electrons. The molecule has 2 rings (SSSR count). The Hall–Kier alpha value is -0.790. The highest BCUT2D eigenvalue weighted by molar-refractivity contribution is 5.73. The fourth-order valence-electron chi connectivity index (χ4n) is 2.92. The van der Waals surface area contributed by atoms with Crippen LogP contribution in [0.4, 0.5) is 0 Å². The van der Waals surface area contributed by atoms with E-state index in [0.717, 1.165) is 6.42 Å². The second-order valence-corrected chi connectivity index (χ2v) is 5.01. The number of hydrogen-bond donors (Lipinski definition) is 0. The van der Waals surface area contributed by atoms with Gasteiger partial charge in [-0.1, -0.05) is 18.6 Å². The lowest BCUT2D eigenvalue weighted by molar-refractivity contribution is -0.154. The fraction of sp³-hybridized carbons (Fsp3) is 0.769. The molecule has 0 heterocycles. The van der Waals surface area contributed by atoms with Crippen molar-refractivity contribution >= 4 is 5.97 Å². The lowest BCUT2D eigenvalue weighted by Gasteiger charge is -2.28. The number of carbonyl (C=O) groups excluding carboxylic acids is 1. The third kappa shape index (κ3) is 2.24. The van der Waals surface area contributed by atoms with E-state index in [2.05, 4.69) is 12.2 Å². The molecule has 3 atom stereocenters. The van der Waals surface area contributed by atoms with Crippen molar-refractivity contribution in [1.29, 1.82) is 0 Å². The molecule has 2 nitrogen and oxygen atoms in total. The zero-order valence-corrected chi connectivity index (χ0v) is 9.61. The molecule has 0 N–H and O–H groups in total. The lowest BCUT2D eigenvalue weighted by Crippen LogP contribution is -2.31. The first-order valence-electron chi connectivity index (χ1n) is 6.05. The topological polar surface area (TPSA) is 26.3 Å². The van der Waals surface area contributed by atoms with Gasteiger partial charge < -0.3 is 4.74 Å². The molecule has 2 heteroatoms. The summed E-state index contributed by atoms with van der Waals surface area (Å²) in [5.74, 6) is 1.35. The zero-order chi connectivity index (χ0) is 10.8. The summed E-state index contributed by atoms with van der Waals surface area (Å²) < 4.78 is 5.33. The van der Waals surface area contributed by atoms with Crippen LogP contribution in [0.25, 0.3) is 0 Å². The van der Waals surface area contributed by atoms with Crippen molar-refractivity contribution in [1.82, 2.24) is 0 Å². The van der Waals surface area contributed by atoms with Gasteiger partial charge in [0.1, 0.15) is 0 Å². The predicted octanol–water partition coefficient (Wildman–Crippen LogP) is 2.93. The van der Waals surface area contributed by atoms with Crippen molar-refractivity contribution < 1.29 is 9.53 Å². The van der Waals surface area contributed by atoms with Crippen molar-refractivity contribution in [2.75, 3.05) is 0 Å². The van der Waals surface area contributed by atoms with Crippen molar-refractivity contribution in [3.8, 4) is 0 Å². The highest BCUT2D eigenvalue weighted by Gasteiger charge is 2.38. The molecule has 0 aliphatic heterocycles. The van der Waals surface area contributed by atoms with Gasteiger partial charge in [-0.05, 0) is 44.9 Å². The van der Waals surface area contributed by atoms with E-state index in [0.29, 0.717) is 11.8 Å². The second-order valence-electron chi connectivity index (χ2n) is 5.01. The van der Waals surface area contributed by atoms with E-state index in [4.69, 9.17) is 4.74 Å². The molecule has 0 saturated heterocycles. The molecule has 0 bridgehead atoms. The summed E-state index contributed by atoms with van der Waals surface area (Å²) in [6.45, 7) is 3.84. The Morgan fingerprint density at radius 3 is 2.93 bits per heavy atom. The van der Waals surface area contributed by atoms with Crippen molar-refractivity contribution in [3.63, 3.8) is 0 Å². The summed E-state index contributed by atoms with van der Waals surface area (Å²) in [6, 6.07) is 0. The number of allylic oxidation sites excluding steroid dienone is 2. The number of carbonyl (C=O) groups is 1. The average Bonchev–Trinajstić information content (AvgIpc) is 2.63.